The molecule has 0 spiro atoms. The van der Waals surface area contributed by atoms with Crippen molar-refractivity contribution in [2.75, 3.05) is 24.0 Å². The summed E-state index contributed by atoms with van der Waals surface area (Å²) >= 11 is 3.21. The van der Waals surface area contributed by atoms with Crippen molar-refractivity contribution in [1.82, 2.24) is 0 Å². The van der Waals surface area contributed by atoms with Crippen LogP contribution in [0.25, 0.3) is 0 Å². The Balaban J connectivity index is 0. The fourth-order valence-electron chi connectivity index (χ4n) is 0.737. The second kappa shape index (κ2) is 13.0. The lowest BCUT2D eigenvalue weighted by Crippen LogP contribution is -2.30. The Morgan fingerprint density at radius 2 is 1.22 bits per heavy atom. The molecule has 6 nitrogen and oxygen atoms in total. The van der Waals surface area contributed by atoms with Crippen molar-refractivity contribution in [3.05, 3.63) is 0 Å². The molecule has 0 rings (SSSR count). The number of aliphatic carboxylic acids is 2. The first-order valence-corrected chi connectivity index (χ1v) is 8.10. The molecule has 8 heteroatoms. The first kappa shape index (κ1) is 19.9. The number of carboxylic acid groups (broad SMARTS) is 2. The predicted octanol–water partition coefficient (Wildman–Crippen LogP) is 0.303. The first-order chi connectivity index (χ1) is 8.36. The van der Waals surface area contributed by atoms with Crippen LogP contribution >= 0.6 is 23.5 Å². The third kappa shape index (κ3) is 13.6. The van der Waals surface area contributed by atoms with E-state index >= 15 is 0 Å². The molecule has 0 saturated carbocycles. The van der Waals surface area contributed by atoms with Gasteiger partial charge in [0.05, 0.1) is 0 Å². The Hall–Kier alpha value is -0.440. The van der Waals surface area contributed by atoms with E-state index in [2.05, 4.69) is 0 Å². The van der Waals surface area contributed by atoms with Crippen LogP contribution in [0.1, 0.15) is 12.8 Å². The van der Waals surface area contributed by atoms with Crippen molar-refractivity contribution in [2.45, 2.75) is 24.9 Å². The van der Waals surface area contributed by atoms with Crippen LogP contribution < -0.4 is 11.5 Å². The molecular formula is C10H22N2O4S2. The molecule has 108 valence electrons. The van der Waals surface area contributed by atoms with Crippen LogP contribution in [-0.4, -0.2) is 58.3 Å². The molecule has 0 amide bonds. The van der Waals surface area contributed by atoms with Gasteiger partial charge in [-0.25, -0.2) is 0 Å². The standard InChI is InChI=1S/2C5H11NO2S/c2*1-9-3-2-4(6)5(7)8/h2*4H,2-3,6H2,1H3,(H,7,8)/t4-;/m0./s1. The predicted molar refractivity (Wildman–Crippen MR) is 77.2 cm³/mol. The monoisotopic (exact) mass is 298 g/mol. The van der Waals surface area contributed by atoms with Gasteiger partial charge in [-0.1, -0.05) is 0 Å². The van der Waals surface area contributed by atoms with E-state index in [-0.39, 0.29) is 0 Å². The van der Waals surface area contributed by atoms with Crippen molar-refractivity contribution < 1.29 is 19.8 Å². The van der Waals surface area contributed by atoms with E-state index in [0.717, 1.165) is 11.5 Å². The van der Waals surface area contributed by atoms with Gasteiger partial charge in [-0.15, -0.1) is 0 Å². The highest BCUT2D eigenvalue weighted by atomic mass is 32.2. The van der Waals surface area contributed by atoms with Gasteiger partial charge in [0, 0.05) is 0 Å². The molecule has 2 atom stereocenters. The lowest BCUT2D eigenvalue weighted by Gasteiger charge is -2.02. The molecule has 0 aromatic rings. The number of hydrogen-bond donors (Lipinski definition) is 4. The lowest BCUT2D eigenvalue weighted by atomic mass is 10.2. The number of hydrogen-bond acceptors (Lipinski definition) is 6. The summed E-state index contributed by atoms with van der Waals surface area (Å²) in [6.45, 7) is 0. The summed E-state index contributed by atoms with van der Waals surface area (Å²) in [6, 6.07) is -1.37. The summed E-state index contributed by atoms with van der Waals surface area (Å²) < 4.78 is 0. The van der Waals surface area contributed by atoms with Gasteiger partial charge < -0.3 is 21.7 Å². The van der Waals surface area contributed by atoms with E-state index in [4.69, 9.17) is 21.7 Å². The molecule has 0 aliphatic heterocycles. The van der Waals surface area contributed by atoms with Crippen molar-refractivity contribution in [1.29, 1.82) is 0 Å². The van der Waals surface area contributed by atoms with Gasteiger partial charge in [-0.3, -0.25) is 9.59 Å². The molecule has 0 aromatic heterocycles. The molecule has 0 aliphatic carbocycles. The fraction of sp³-hybridized carbons (Fsp3) is 0.800. The van der Waals surface area contributed by atoms with Crippen molar-refractivity contribution in [3.63, 3.8) is 0 Å². The Morgan fingerprint density at radius 1 is 0.944 bits per heavy atom. The lowest BCUT2D eigenvalue weighted by molar-refractivity contribution is -0.139. The second-order valence-corrected chi connectivity index (χ2v) is 5.42. The van der Waals surface area contributed by atoms with Gasteiger partial charge in [0.25, 0.3) is 0 Å². The third-order valence-corrected chi connectivity index (χ3v) is 3.19. The third-order valence-electron chi connectivity index (χ3n) is 1.90. The molecule has 0 saturated heterocycles. The molecule has 0 fully saturated rings. The molecule has 0 aliphatic rings. The Bertz CT molecular complexity index is 218. The number of rotatable bonds is 8. The molecule has 18 heavy (non-hydrogen) atoms. The fourth-order valence-corrected chi connectivity index (χ4v) is 1.72. The first-order valence-electron chi connectivity index (χ1n) is 5.31. The summed E-state index contributed by atoms with van der Waals surface area (Å²) in [4.78, 5) is 20.1. The van der Waals surface area contributed by atoms with E-state index < -0.39 is 24.0 Å². The summed E-state index contributed by atoms with van der Waals surface area (Å²) in [5, 5.41) is 16.5. The molecule has 6 N–H and O–H groups in total. The highest BCUT2D eigenvalue weighted by molar-refractivity contribution is 7.98. The minimum Gasteiger partial charge on any atom is -0.480 e. The topological polar surface area (TPSA) is 127 Å². The zero-order valence-electron chi connectivity index (χ0n) is 10.7. The largest absolute Gasteiger partial charge is 0.480 e. The number of thioether (sulfide) groups is 2. The van der Waals surface area contributed by atoms with Crippen LogP contribution in [0.5, 0.6) is 0 Å². The Kier molecular flexibility index (Phi) is 14.4. The molecule has 0 bridgehead atoms. The van der Waals surface area contributed by atoms with Gasteiger partial charge in [0.1, 0.15) is 12.1 Å². The van der Waals surface area contributed by atoms with E-state index in [0.29, 0.717) is 12.8 Å². The molecule has 1 unspecified atom stereocenters. The van der Waals surface area contributed by atoms with Crippen molar-refractivity contribution in [2.24, 2.45) is 11.5 Å². The highest BCUT2D eigenvalue weighted by Crippen LogP contribution is 1.98. The normalized spacial score (nSPS) is 13.1. The van der Waals surface area contributed by atoms with Crippen LogP contribution in [-0.2, 0) is 9.59 Å². The van der Waals surface area contributed by atoms with Crippen LogP contribution in [0.4, 0.5) is 0 Å². The van der Waals surface area contributed by atoms with Crippen LogP contribution in [0.15, 0.2) is 0 Å². The van der Waals surface area contributed by atoms with Crippen molar-refractivity contribution >= 4 is 35.5 Å². The highest BCUT2D eigenvalue weighted by Gasteiger charge is 2.09. The van der Waals surface area contributed by atoms with Crippen molar-refractivity contribution in [3.8, 4) is 0 Å². The number of carboxylic acids is 2. The zero-order chi connectivity index (χ0) is 14.6. The molecule has 0 heterocycles. The zero-order valence-corrected chi connectivity index (χ0v) is 12.3. The summed E-state index contributed by atoms with van der Waals surface area (Å²) in [5.41, 5.74) is 10.4. The maximum Gasteiger partial charge on any atom is 0.320 e. The van der Waals surface area contributed by atoms with E-state index in [9.17, 15) is 9.59 Å². The summed E-state index contributed by atoms with van der Waals surface area (Å²) in [5.74, 6) is -0.200. The van der Waals surface area contributed by atoms with Crippen LogP contribution in [0, 0.1) is 0 Å². The van der Waals surface area contributed by atoms with Gasteiger partial charge in [-0.05, 0) is 36.9 Å². The summed E-state index contributed by atoms with van der Waals surface area (Å²) in [7, 11) is 0. The Morgan fingerprint density at radius 3 is 1.39 bits per heavy atom. The van der Waals surface area contributed by atoms with Crippen LogP contribution in [0.2, 0.25) is 0 Å². The minimum absolute atomic E-state index is 0.552. The maximum absolute atomic E-state index is 10.1. The number of carbonyl (C=O) groups is 2. The minimum atomic E-state index is -0.913. The number of nitrogens with two attached hydrogens (primary N) is 2. The van der Waals surface area contributed by atoms with E-state index in [1.54, 1.807) is 23.5 Å². The van der Waals surface area contributed by atoms with E-state index in [1.807, 2.05) is 12.5 Å². The van der Waals surface area contributed by atoms with Gasteiger partial charge in [-0.2, -0.15) is 23.5 Å². The van der Waals surface area contributed by atoms with E-state index in [1.165, 1.54) is 0 Å². The second-order valence-electron chi connectivity index (χ2n) is 3.45. The molecule has 0 radical (unpaired) electrons. The Labute approximate surface area is 116 Å². The summed E-state index contributed by atoms with van der Waals surface area (Å²) in [6.07, 6.45) is 4.95. The average molecular weight is 298 g/mol. The smallest absolute Gasteiger partial charge is 0.320 e. The van der Waals surface area contributed by atoms with Gasteiger partial charge in [0.2, 0.25) is 0 Å². The van der Waals surface area contributed by atoms with Gasteiger partial charge in [0.15, 0.2) is 0 Å². The molecule has 0 aromatic carbocycles. The SMILES string of the molecule is CSCCC(N)C(=O)O.CSCC[C@H](N)C(=O)O. The van der Waals surface area contributed by atoms with Gasteiger partial charge >= 0.3 is 11.9 Å². The van der Waals surface area contributed by atoms with Crippen LogP contribution in [0.3, 0.4) is 0 Å². The average Bonchev–Trinajstić information content (AvgIpc) is 2.33. The molecular weight excluding hydrogens is 276 g/mol. The quantitative estimate of drug-likeness (QED) is 0.504. The maximum atomic E-state index is 10.1.